The quantitative estimate of drug-likeness (QED) is 0.681. The van der Waals surface area contributed by atoms with Crippen LogP contribution in [0.3, 0.4) is 0 Å². The lowest BCUT2D eigenvalue weighted by atomic mass is 9.85. The van der Waals surface area contributed by atoms with Crippen LogP contribution in [0.5, 0.6) is 5.75 Å². The Morgan fingerprint density at radius 3 is 2.67 bits per heavy atom. The van der Waals surface area contributed by atoms with Crippen LogP contribution >= 0.6 is 0 Å². The molecule has 1 nitrogen and oxygen atoms in total. The fourth-order valence-corrected chi connectivity index (χ4v) is 1.41. The molecule has 0 unspecified atom stereocenters. The molecule has 81 valence electrons. The first-order valence-electron chi connectivity index (χ1n) is 5.21. The van der Waals surface area contributed by atoms with Crippen LogP contribution in [-0.4, -0.2) is 6.61 Å². The van der Waals surface area contributed by atoms with Crippen LogP contribution in [0.1, 0.15) is 31.9 Å². The predicted molar refractivity (Wildman–Crippen MR) is 64.4 cm³/mol. The average molecular weight is 203 g/mol. The van der Waals surface area contributed by atoms with E-state index in [-0.39, 0.29) is 5.41 Å². The van der Waals surface area contributed by atoms with Gasteiger partial charge < -0.3 is 4.74 Å². The van der Waals surface area contributed by atoms with E-state index in [1.54, 1.807) is 6.08 Å². The van der Waals surface area contributed by atoms with Crippen LogP contribution in [0.15, 0.2) is 24.8 Å². The van der Waals surface area contributed by atoms with Crippen molar-refractivity contribution in [1.82, 2.24) is 0 Å². The van der Waals surface area contributed by atoms with Gasteiger partial charge in [-0.05, 0) is 24.0 Å². The van der Waals surface area contributed by atoms with E-state index >= 15 is 0 Å². The second kappa shape index (κ2) is 4.52. The zero-order valence-electron chi connectivity index (χ0n) is 10.1. The topological polar surface area (TPSA) is 9.23 Å². The maximum Gasteiger partial charge on any atom is 0.131 e. The van der Waals surface area contributed by atoms with Gasteiger partial charge >= 0.3 is 0 Å². The fourth-order valence-electron chi connectivity index (χ4n) is 1.41. The van der Waals surface area contributed by atoms with E-state index < -0.39 is 0 Å². The third kappa shape index (κ3) is 3.12. The highest BCUT2D eigenvalue weighted by Gasteiger charge is 2.18. The summed E-state index contributed by atoms with van der Waals surface area (Å²) in [6.45, 7) is 12.8. The monoisotopic (exact) mass is 203 g/mol. The van der Waals surface area contributed by atoms with Gasteiger partial charge in [0.05, 0.1) is 0 Å². The maximum absolute atomic E-state index is 5.59. The number of hydrogen-bond acceptors (Lipinski definition) is 1. The molecule has 1 aromatic rings. The van der Waals surface area contributed by atoms with Gasteiger partial charge in [-0.2, -0.15) is 0 Å². The molecule has 0 spiro atoms. The molecule has 15 heavy (non-hydrogen) atoms. The number of rotatable bonds is 3. The Labute approximate surface area is 92.8 Å². The van der Waals surface area contributed by atoms with Gasteiger partial charge in [-0.1, -0.05) is 39.5 Å². The molecule has 0 aromatic heterocycles. The first-order valence-corrected chi connectivity index (χ1v) is 5.21. The van der Waals surface area contributed by atoms with E-state index in [4.69, 9.17) is 4.74 Å². The molecule has 1 heteroatoms. The summed E-state index contributed by atoms with van der Waals surface area (Å²) in [6.07, 6.45) is 1.75. The lowest BCUT2D eigenvalue weighted by Gasteiger charge is -2.22. The molecule has 0 atom stereocenters. The van der Waals surface area contributed by atoms with Crippen molar-refractivity contribution in [3.05, 3.63) is 42.0 Å². The second-order valence-corrected chi connectivity index (χ2v) is 4.77. The minimum atomic E-state index is 0.0824. The fraction of sp³-hybridized carbons (Fsp3) is 0.429. The highest BCUT2D eigenvalue weighted by Crippen LogP contribution is 2.31. The first-order chi connectivity index (χ1) is 6.95. The van der Waals surface area contributed by atoms with Gasteiger partial charge in [0.1, 0.15) is 12.4 Å². The Morgan fingerprint density at radius 1 is 1.47 bits per heavy atom. The summed E-state index contributed by atoms with van der Waals surface area (Å²) in [6, 6.07) is 7.29. The molecule has 0 bridgehead atoms. The number of hydrogen-bond donors (Lipinski definition) is 0. The lowest BCUT2D eigenvalue weighted by molar-refractivity contribution is 0.350. The smallest absolute Gasteiger partial charge is 0.131 e. The normalized spacial score (nSPS) is 11.2. The minimum Gasteiger partial charge on any atom is -0.489 e. The molecule has 0 aliphatic rings. The van der Waals surface area contributed by atoms with Crippen molar-refractivity contribution < 1.29 is 4.74 Å². The number of benzene rings is 1. The summed E-state index contributed by atoms with van der Waals surface area (Å²) < 4.78 is 5.59. The van der Waals surface area contributed by atoms with Gasteiger partial charge in [0, 0.05) is 11.6 Å². The van der Waals surface area contributed by atoms with Gasteiger partial charge in [-0.3, -0.25) is 0 Å². The Kier molecular flexibility index (Phi) is 3.57. The molecule has 0 saturated heterocycles. The molecule has 0 fully saturated rings. The van der Waals surface area contributed by atoms with E-state index in [0.29, 0.717) is 6.61 Å². The van der Waals surface area contributed by atoms with Gasteiger partial charge in [0.15, 0.2) is 0 Å². The average Bonchev–Trinajstić information content (AvgIpc) is 2.14. The minimum absolute atomic E-state index is 0.0824. The second-order valence-electron chi connectivity index (χ2n) is 4.77. The van der Waals surface area contributed by atoms with Gasteiger partial charge in [0.25, 0.3) is 0 Å². The molecule has 0 saturated carbocycles. The Hall–Kier alpha value is -1.24. The van der Waals surface area contributed by atoms with E-state index in [1.165, 1.54) is 11.1 Å². The van der Waals surface area contributed by atoms with Crippen molar-refractivity contribution in [2.24, 2.45) is 0 Å². The highest BCUT2D eigenvalue weighted by atomic mass is 16.5. The lowest BCUT2D eigenvalue weighted by Crippen LogP contribution is -2.14. The van der Waals surface area contributed by atoms with Crippen LogP contribution in [0, 0.1) is 13.0 Å². The van der Waals surface area contributed by atoms with Crippen LogP contribution in [0.2, 0.25) is 0 Å². The van der Waals surface area contributed by atoms with Crippen LogP contribution in [-0.2, 0) is 5.41 Å². The molecular formula is C14H19O. The van der Waals surface area contributed by atoms with Crippen LogP contribution in [0.25, 0.3) is 0 Å². The molecule has 1 radical (unpaired) electrons. The SMILES string of the molecule is C=CCOc1[c]cc(C)cc1C(C)(C)C. The van der Waals surface area contributed by atoms with E-state index in [2.05, 4.69) is 46.4 Å². The molecule has 0 amide bonds. The molecule has 0 heterocycles. The zero-order chi connectivity index (χ0) is 11.5. The summed E-state index contributed by atoms with van der Waals surface area (Å²) in [4.78, 5) is 0. The summed E-state index contributed by atoms with van der Waals surface area (Å²) in [5, 5.41) is 0. The third-order valence-corrected chi connectivity index (χ3v) is 2.20. The van der Waals surface area contributed by atoms with Crippen molar-refractivity contribution in [3.8, 4) is 5.75 Å². The van der Waals surface area contributed by atoms with Crippen molar-refractivity contribution in [2.75, 3.05) is 6.61 Å². The predicted octanol–water partition coefficient (Wildman–Crippen LogP) is 3.66. The molecule has 1 aromatic carbocycles. The molecule has 0 N–H and O–H groups in total. The van der Waals surface area contributed by atoms with Gasteiger partial charge in [0.2, 0.25) is 0 Å². The molecule has 1 rings (SSSR count). The summed E-state index contributed by atoms with van der Waals surface area (Å²) in [7, 11) is 0. The van der Waals surface area contributed by atoms with Crippen LogP contribution < -0.4 is 4.74 Å². The third-order valence-electron chi connectivity index (χ3n) is 2.20. The highest BCUT2D eigenvalue weighted by molar-refractivity contribution is 5.40. The summed E-state index contributed by atoms with van der Waals surface area (Å²) in [5.74, 6) is 0.841. The Bertz CT molecular complexity index is 345. The van der Waals surface area contributed by atoms with Crippen molar-refractivity contribution in [2.45, 2.75) is 33.1 Å². The molecular weight excluding hydrogens is 184 g/mol. The van der Waals surface area contributed by atoms with Crippen molar-refractivity contribution in [1.29, 1.82) is 0 Å². The van der Waals surface area contributed by atoms with Gasteiger partial charge in [-0.25, -0.2) is 0 Å². The largest absolute Gasteiger partial charge is 0.489 e. The van der Waals surface area contributed by atoms with Crippen molar-refractivity contribution >= 4 is 0 Å². The van der Waals surface area contributed by atoms with Crippen LogP contribution in [0.4, 0.5) is 0 Å². The standard InChI is InChI=1S/C14H19O/c1-6-9-15-13-8-7-11(2)10-12(13)14(3,4)5/h6-7,10H,1,9H2,2-5H3. The Morgan fingerprint density at radius 2 is 2.13 bits per heavy atom. The number of aryl methyl sites for hydroxylation is 1. The zero-order valence-corrected chi connectivity index (χ0v) is 10.1. The van der Waals surface area contributed by atoms with E-state index in [0.717, 1.165) is 5.75 Å². The first kappa shape index (κ1) is 11.8. The maximum atomic E-state index is 5.59. The number of ether oxygens (including phenoxy) is 1. The van der Waals surface area contributed by atoms with E-state index in [9.17, 15) is 0 Å². The summed E-state index contributed by atoms with van der Waals surface area (Å²) >= 11 is 0. The molecule has 0 aliphatic heterocycles. The molecule has 0 aliphatic carbocycles. The van der Waals surface area contributed by atoms with Crippen molar-refractivity contribution in [3.63, 3.8) is 0 Å². The van der Waals surface area contributed by atoms with Gasteiger partial charge in [-0.15, -0.1) is 0 Å². The van der Waals surface area contributed by atoms with E-state index in [1.807, 2.05) is 6.07 Å². The Balaban J connectivity index is 3.09. The summed E-state index contributed by atoms with van der Waals surface area (Å²) in [5.41, 5.74) is 2.49.